The van der Waals surface area contributed by atoms with Crippen LogP contribution in [-0.4, -0.2) is 40.6 Å². The molecule has 0 aliphatic carbocycles. The van der Waals surface area contributed by atoms with Crippen LogP contribution in [0.2, 0.25) is 0 Å². The highest BCUT2D eigenvalue weighted by Gasteiger charge is 2.13. The maximum Gasteiger partial charge on any atom is 0.405 e. The number of ether oxygens (including phenoxy) is 1. The number of aliphatic hydroxyl groups excluding tert-OH is 1. The van der Waals surface area contributed by atoms with Crippen LogP contribution in [0.25, 0.3) is 0 Å². The van der Waals surface area contributed by atoms with Crippen LogP contribution in [0, 0.1) is 5.92 Å². The summed E-state index contributed by atoms with van der Waals surface area (Å²) in [5.74, 6) is 0.126. The summed E-state index contributed by atoms with van der Waals surface area (Å²) in [6, 6.07) is -0.350. The summed E-state index contributed by atoms with van der Waals surface area (Å²) in [7, 11) is 0. The Bertz CT molecular complexity index is 261. The molecule has 7 nitrogen and oxygen atoms in total. The number of carboxylic acid groups (broad SMARTS) is 1. The van der Waals surface area contributed by atoms with E-state index in [9.17, 15) is 9.59 Å². The van der Waals surface area contributed by atoms with Gasteiger partial charge < -0.3 is 26.0 Å². The minimum absolute atomic E-state index is 0.126. The number of nitrogens with one attached hydrogen (secondary N) is 1. The minimum atomic E-state index is -1.09. The summed E-state index contributed by atoms with van der Waals surface area (Å²) in [6.45, 7) is 8.82. The first-order valence-corrected chi connectivity index (χ1v) is 5.58. The number of aliphatic hydroxyl groups is 1. The van der Waals surface area contributed by atoms with Gasteiger partial charge in [0, 0.05) is 0 Å². The second-order valence-electron chi connectivity index (χ2n) is 5.02. The number of hydrogen-bond donors (Lipinski definition) is 4. The minimum Gasteiger partial charge on any atom is -0.465 e. The van der Waals surface area contributed by atoms with Crippen molar-refractivity contribution in [1.82, 2.24) is 5.32 Å². The fourth-order valence-corrected chi connectivity index (χ4v) is 0.884. The second-order valence-corrected chi connectivity index (χ2v) is 5.02. The molecule has 0 fully saturated rings. The Balaban J connectivity index is 0. The molecule has 18 heavy (non-hydrogen) atoms. The Hall–Kier alpha value is -1.50. The Kier molecular flexibility index (Phi) is 8.98. The summed E-state index contributed by atoms with van der Waals surface area (Å²) in [5.41, 5.74) is 4.26. The molecule has 0 aromatic rings. The van der Waals surface area contributed by atoms with Crippen LogP contribution in [0.3, 0.4) is 0 Å². The number of primary amides is 1. The normalized spacial score (nSPS) is 12.2. The number of carbonyl (C=O) groups excluding carboxylic acids is 1. The van der Waals surface area contributed by atoms with E-state index in [-0.39, 0.29) is 18.6 Å². The van der Waals surface area contributed by atoms with Crippen LogP contribution in [0.4, 0.5) is 9.59 Å². The predicted molar refractivity (Wildman–Crippen MR) is 67.3 cm³/mol. The first-order valence-electron chi connectivity index (χ1n) is 5.58. The largest absolute Gasteiger partial charge is 0.465 e. The van der Waals surface area contributed by atoms with E-state index in [1.54, 1.807) is 20.8 Å². The smallest absolute Gasteiger partial charge is 0.405 e. The van der Waals surface area contributed by atoms with Gasteiger partial charge in [0.1, 0.15) is 5.60 Å². The van der Waals surface area contributed by atoms with Crippen LogP contribution in [-0.2, 0) is 4.74 Å². The van der Waals surface area contributed by atoms with Gasteiger partial charge in [-0.25, -0.2) is 9.59 Å². The molecule has 0 aromatic heterocycles. The molecule has 0 aliphatic rings. The quantitative estimate of drug-likeness (QED) is 0.609. The van der Waals surface area contributed by atoms with Gasteiger partial charge in [-0.05, 0) is 26.7 Å². The van der Waals surface area contributed by atoms with Crippen molar-refractivity contribution in [3.8, 4) is 0 Å². The molecule has 7 heteroatoms. The summed E-state index contributed by atoms with van der Waals surface area (Å²) < 4.78 is 4.58. The molecular formula is C11H24N2O5. The van der Waals surface area contributed by atoms with Crippen molar-refractivity contribution in [2.45, 2.75) is 46.3 Å². The molecule has 0 rings (SSSR count). The fourth-order valence-electron chi connectivity index (χ4n) is 0.884. The average Bonchev–Trinajstić information content (AvgIpc) is 2.10. The second kappa shape index (κ2) is 8.57. The summed E-state index contributed by atoms with van der Waals surface area (Å²) in [4.78, 5) is 20.1. The Labute approximate surface area is 107 Å². The monoisotopic (exact) mass is 264 g/mol. The SMILES string of the molecule is CC(C)(C)OC(N)=O.CC(C)C(CO)NC(=O)O. The van der Waals surface area contributed by atoms with Crippen LogP contribution >= 0.6 is 0 Å². The highest BCUT2D eigenvalue weighted by atomic mass is 16.6. The number of carbonyl (C=O) groups is 2. The molecule has 1 atom stereocenters. The zero-order valence-electron chi connectivity index (χ0n) is 11.6. The third-order valence-electron chi connectivity index (χ3n) is 1.72. The number of amides is 2. The van der Waals surface area contributed by atoms with E-state index in [0.29, 0.717) is 0 Å². The van der Waals surface area contributed by atoms with Gasteiger partial charge in [-0.2, -0.15) is 0 Å². The van der Waals surface area contributed by atoms with E-state index in [1.807, 2.05) is 13.8 Å². The lowest BCUT2D eigenvalue weighted by atomic mass is 10.1. The molecule has 5 N–H and O–H groups in total. The topological polar surface area (TPSA) is 122 Å². The summed E-state index contributed by atoms with van der Waals surface area (Å²) in [5, 5.41) is 19.1. The van der Waals surface area contributed by atoms with Crippen LogP contribution in [0.15, 0.2) is 0 Å². The van der Waals surface area contributed by atoms with Gasteiger partial charge in [-0.3, -0.25) is 0 Å². The van der Waals surface area contributed by atoms with Gasteiger partial charge in [0.25, 0.3) is 0 Å². The molecule has 0 saturated heterocycles. The highest BCUT2D eigenvalue weighted by Crippen LogP contribution is 2.04. The average molecular weight is 264 g/mol. The maximum atomic E-state index is 10.1. The molecular weight excluding hydrogens is 240 g/mol. The molecule has 0 aliphatic heterocycles. The Morgan fingerprint density at radius 1 is 1.33 bits per heavy atom. The van der Waals surface area contributed by atoms with Crippen molar-refractivity contribution >= 4 is 12.2 Å². The summed E-state index contributed by atoms with van der Waals surface area (Å²) in [6.07, 6.45) is -1.81. The standard InChI is InChI=1S/C6H13NO3.C5H11NO2/c1-4(2)5(3-8)7-6(9)10;1-5(2,3)8-4(6)7/h4-5,7-8H,3H2,1-2H3,(H,9,10);1-3H3,(H2,6,7). The van der Waals surface area contributed by atoms with Crippen LogP contribution < -0.4 is 11.1 Å². The van der Waals surface area contributed by atoms with Crippen molar-refractivity contribution < 1.29 is 24.5 Å². The number of rotatable bonds is 3. The molecule has 0 aromatic carbocycles. The molecule has 0 heterocycles. The van der Waals surface area contributed by atoms with E-state index in [1.165, 1.54) is 0 Å². The zero-order valence-corrected chi connectivity index (χ0v) is 11.6. The van der Waals surface area contributed by atoms with E-state index in [0.717, 1.165) is 0 Å². The number of nitrogens with two attached hydrogens (primary N) is 1. The fraction of sp³-hybridized carbons (Fsp3) is 0.818. The van der Waals surface area contributed by atoms with Crippen molar-refractivity contribution in [3.63, 3.8) is 0 Å². The van der Waals surface area contributed by atoms with Crippen molar-refractivity contribution in [2.24, 2.45) is 11.7 Å². The van der Waals surface area contributed by atoms with E-state index in [2.05, 4.69) is 10.1 Å². The lowest BCUT2D eigenvalue weighted by Crippen LogP contribution is -2.40. The van der Waals surface area contributed by atoms with Crippen LogP contribution in [0.1, 0.15) is 34.6 Å². The number of hydrogen-bond acceptors (Lipinski definition) is 4. The van der Waals surface area contributed by atoms with E-state index in [4.69, 9.17) is 15.9 Å². The molecule has 0 spiro atoms. The molecule has 0 radical (unpaired) electrons. The first kappa shape index (κ1) is 18.9. The molecule has 2 amide bonds. The summed E-state index contributed by atoms with van der Waals surface area (Å²) >= 11 is 0. The Morgan fingerprint density at radius 2 is 1.78 bits per heavy atom. The van der Waals surface area contributed by atoms with E-state index < -0.39 is 17.8 Å². The first-order chi connectivity index (χ1) is 7.99. The lowest BCUT2D eigenvalue weighted by Gasteiger charge is -2.17. The molecule has 1 unspecified atom stereocenters. The van der Waals surface area contributed by atoms with Gasteiger partial charge in [0.05, 0.1) is 12.6 Å². The maximum absolute atomic E-state index is 10.1. The van der Waals surface area contributed by atoms with Gasteiger partial charge in [-0.15, -0.1) is 0 Å². The van der Waals surface area contributed by atoms with Crippen molar-refractivity contribution in [3.05, 3.63) is 0 Å². The predicted octanol–water partition coefficient (Wildman–Crippen LogP) is 1.15. The van der Waals surface area contributed by atoms with Crippen molar-refractivity contribution in [1.29, 1.82) is 0 Å². The van der Waals surface area contributed by atoms with Gasteiger partial charge in [-0.1, -0.05) is 13.8 Å². The Morgan fingerprint density at radius 3 is 1.83 bits per heavy atom. The zero-order chi connectivity index (χ0) is 14.9. The third kappa shape index (κ3) is 14.5. The van der Waals surface area contributed by atoms with Gasteiger partial charge >= 0.3 is 12.2 Å². The van der Waals surface area contributed by atoms with Crippen molar-refractivity contribution in [2.75, 3.05) is 6.61 Å². The van der Waals surface area contributed by atoms with Crippen LogP contribution in [0.5, 0.6) is 0 Å². The molecule has 108 valence electrons. The van der Waals surface area contributed by atoms with Gasteiger partial charge in [0.15, 0.2) is 0 Å². The molecule has 0 bridgehead atoms. The third-order valence-corrected chi connectivity index (χ3v) is 1.72. The highest BCUT2D eigenvalue weighted by molar-refractivity contribution is 5.65. The van der Waals surface area contributed by atoms with Gasteiger partial charge in [0.2, 0.25) is 0 Å². The lowest BCUT2D eigenvalue weighted by molar-refractivity contribution is 0.0600. The van der Waals surface area contributed by atoms with E-state index >= 15 is 0 Å². The molecule has 0 saturated carbocycles.